The lowest BCUT2D eigenvalue weighted by Crippen LogP contribution is -2.47. The van der Waals surface area contributed by atoms with Crippen molar-refractivity contribution in [3.05, 3.63) is 71.4 Å². The zero-order valence-corrected chi connectivity index (χ0v) is 38.3. The van der Waals surface area contributed by atoms with Crippen molar-refractivity contribution >= 4 is 46.0 Å². The number of fused-ring (bicyclic) bond motifs is 2. The number of benzene rings is 2. The van der Waals surface area contributed by atoms with E-state index in [1.165, 1.54) is 92.3 Å². The van der Waals surface area contributed by atoms with Crippen molar-refractivity contribution in [2.75, 3.05) is 39.0 Å². The summed E-state index contributed by atoms with van der Waals surface area (Å²) in [6.07, 6.45) is 24.2. The summed E-state index contributed by atoms with van der Waals surface area (Å²) in [6, 6.07) is 13.9. The molecule has 3 fully saturated rings. The molecule has 2 aromatic carbocycles. The van der Waals surface area contributed by atoms with Gasteiger partial charge in [-0.2, -0.15) is 0 Å². The number of aromatic amines is 1. The molecule has 62 heavy (non-hydrogen) atoms. The number of carbonyl (C=O) groups excluding carboxylic acids is 4. The number of nitrogens with two attached hydrogens (primary N) is 1. The topological polar surface area (TPSA) is 144 Å². The van der Waals surface area contributed by atoms with Crippen LogP contribution in [-0.4, -0.2) is 90.1 Å². The Balaban J connectivity index is 0.000000166. The SMILES string of the molecule is CC(=O)OC1CCCCC1.CCN(CC)C(=O)[C@@H]1C=C2c3cccc4[nH]cc(c34)C[C@H]2N(C)C1.CCOC(=O)CC1CCCCC1.Nc1ccccc1C(=O)OC1CCCCC1. The molecule has 11 heteroatoms. The highest BCUT2D eigenvalue weighted by Gasteiger charge is 2.36. The average Bonchev–Trinajstić information content (AvgIpc) is 3.70. The van der Waals surface area contributed by atoms with Gasteiger partial charge in [0.15, 0.2) is 0 Å². The van der Waals surface area contributed by atoms with Crippen LogP contribution < -0.4 is 5.73 Å². The smallest absolute Gasteiger partial charge is 0.340 e. The highest BCUT2D eigenvalue weighted by atomic mass is 16.5. The van der Waals surface area contributed by atoms with Crippen LogP contribution in [0.1, 0.15) is 152 Å². The fraction of sp³-hybridized carbons (Fsp3) is 0.608. The van der Waals surface area contributed by atoms with Gasteiger partial charge in [0.1, 0.15) is 12.2 Å². The number of carbonyl (C=O) groups is 4. The second-order valence-corrected chi connectivity index (χ2v) is 17.6. The molecule has 0 bridgehead atoms. The van der Waals surface area contributed by atoms with Crippen LogP contribution in [0.3, 0.4) is 0 Å². The number of ether oxygens (including phenoxy) is 3. The van der Waals surface area contributed by atoms with Gasteiger partial charge in [-0.3, -0.25) is 19.3 Å². The minimum Gasteiger partial charge on any atom is -0.466 e. The number of esters is 3. The molecular formula is C51H74N4O7. The first kappa shape index (κ1) is 48.4. The van der Waals surface area contributed by atoms with E-state index in [1.54, 1.807) is 18.2 Å². The number of nitrogens with zero attached hydrogens (tertiary/aromatic N) is 2. The summed E-state index contributed by atoms with van der Waals surface area (Å²) in [7, 11) is 2.15. The van der Waals surface area contributed by atoms with Gasteiger partial charge < -0.3 is 29.8 Å². The number of hydrogen-bond donors (Lipinski definition) is 2. The molecule has 5 aliphatic rings. The molecular weight excluding hydrogens is 781 g/mol. The molecule has 8 rings (SSSR count). The summed E-state index contributed by atoms with van der Waals surface area (Å²) in [6.45, 7) is 10.3. The molecule has 1 aliphatic heterocycles. The Morgan fingerprint density at radius 2 is 1.40 bits per heavy atom. The van der Waals surface area contributed by atoms with Gasteiger partial charge in [0, 0.05) is 61.8 Å². The number of aromatic nitrogens is 1. The summed E-state index contributed by atoms with van der Waals surface area (Å²) >= 11 is 0. The molecule has 0 saturated heterocycles. The van der Waals surface area contributed by atoms with Gasteiger partial charge in [0.2, 0.25) is 5.91 Å². The quantitative estimate of drug-likeness (QED) is 0.122. The highest BCUT2D eigenvalue weighted by Crippen LogP contribution is 2.41. The third-order valence-corrected chi connectivity index (χ3v) is 13.0. The van der Waals surface area contributed by atoms with Gasteiger partial charge in [-0.1, -0.05) is 62.4 Å². The Labute approximate surface area is 370 Å². The Morgan fingerprint density at radius 1 is 0.790 bits per heavy atom. The van der Waals surface area contributed by atoms with Crippen molar-refractivity contribution < 1.29 is 33.4 Å². The number of likely N-dealkylation sites (N-methyl/N-ethyl adjacent to an activating group) is 1. The third-order valence-electron chi connectivity index (χ3n) is 13.0. The monoisotopic (exact) mass is 855 g/mol. The van der Waals surface area contributed by atoms with Crippen LogP contribution in [0.15, 0.2) is 54.7 Å². The molecule has 3 saturated carbocycles. The normalized spacial score (nSPS) is 20.3. The van der Waals surface area contributed by atoms with Crippen molar-refractivity contribution in [3.8, 4) is 0 Å². The van der Waals surface area contributed by atoms with Crippen LogP contribution in [0.5, 0.6) is 0 Å². The Morgan fingerprint density at radius 3 is 2.00 bits per heavy atom. The minimum atomic E-state index is -0.287. The maximum absolute atomic E-state index is 12.9. The third kappa shape index (κ3) is 13.9. The van der Waals surface area contributed by atoms with Gasteiger partial charge in [0.25, 0.3) is 0 Å². The lowest BCUT2D eigenvalue weighted by molar-refractivity contribution is -0.148. The van der Waals surface area contributed by atoms with E-state index in [4.69, 9.17) is 19.9 Å². The molecule has 2 atom stereocenters. The zero-order chi connectivity index (χ0) is 44.4. The van der Waals surface area contributed by atoms with Crippen molar-refractivity contribution in [2.24, 2.45) is 11.8 Å². The van der Waals surface area contributed by atoms with E-state index < -0.39 is 0 Å². The van der Waals surface area contributed by atoms with Crippen molar-refractivity contribution in [1.29, 1.82) is 0 Å². The molecule has 340 valence electrons. The van der Waals surface area contributed by atoms with Gasteiger partial charge in [-0.15, -0.1) is 0 Å². The number of nitrogens with one attached hydrogen (secondary N) is 1. The average molecular weight is 855 g/mol. The van der Waals surface area contributed by atoms with Crippen LogP contribution >= 0.6 is 0 Å². The number of amides is 1. The lowest BCUT2D eigenvalue weighted by atomic mass is 9.79. The first-order chi connectivity index (χ1) is 30.0. The van der Waals surface area contributed by atoms with E-state index in [-0.39, 0.29) is 41.9 Å². The summed E-state index contributed by atoms with van der Waals surface area (Å²) in [5.74, 6) is 0.390. The molecule has 1 aromatic heterocycles. The lowest BCUT2D eigenvalue weighted by Gasteiger charge is -2.40. The van der Waals surface area contributed by atoms with Crippen molar-refractivity contribution in [2.45, 2.75) is 155 Å². The van der Waals surface area contributed by atoms with Crippen LogP contribution in [-0.2, 0) is 35.0 Å². The first-order valence-corrected chi connectivity index (χ1v) is 23.7. The standard InChI is InChI=1S/C20H25N3O.C13H17NO2.C10H18O2.C8H14O2/c1-4-23(5-2)20(24)14-9-16-15-7-6-8-17-19(15)13(11-21-17)10-18(16)22(3)12-14;14-12-9-5-4-8-11(12)13(15)16-10-6-2-1-3-7-10;1-2-12-10(11)8-9-6-4-3-5-7-9;1-7(9)10-8-5-3-2-4-6-8/h6-9,11,14,18,21H,4-5,10,12H2,1-3H3;4-5,8-10H,1-3,6-7,14H2;9H,2-8H2,1H3;8H,2-6H2,1H3/t14-,18-;;;/m1.../s1. The summed E-state index contributed by atoms with van der Waals surface area (Å²) in [5.41, 5.74) is 11.9. The Bertz CT molecular complexity index is 1920. The fourth-order valence-electron chi connectivity index (χ4n) is 9.72. The highest BCUT2D eigenvalue weighted by molar-refractivity contribution is 5.99. The molecule has 4 aliphatic carbocycles. The first-order valence-electron chi connectivity index (χ1n) is 23.7. The summed E-state index contributed by atoms with van der Waals surface area (Å²) in [4.78, 5) is 54.0. The van der Waals surface area contributed by atoms with E-state index >= 15 is 0 Å². The largest absolute Gasteiger partial charge is 0.466 e. The van der Waals surface area contributed by atoms with Crippen molar-refractivity contribution in [3.63, 3.8) is 0 Å². The summed E-state index contributed by atoms with van der Waals surface area (Å²) < 4.78 is 15.4. The molecule has 11 nitrogen and oxygen atoms in total. The molecule has 2 heterocycles. The van der Waals surface area contributed by atoms with E-state index in [0.717, 1.165) is 64.6 Å². The van der Waals surface area contributed by atoms with E-state index in [9.17, 15) is 19.2 Å². The van der Waals surface area contributed by atoms with Crippen molar-refractivity contribution in [1.82, 2.24) is 14.8 Å². The maximum Gasteiger partial charge on any atom is 0.340 e. The molecule has 0 unspecified atom stereocenters. The number of rotatable bonds is 9. The number of anilines is 1. The molecule has 3 aromatic rings. The predicted octanol–water partition coefficient (Wildman–Crippen LogP) is 10.1. The van der Waals surface area contributed by atoms with Gasteiger partial charge >= 0.3 is 17.9 Å². The number of H-pyrrole nitrogens is 1. The minimum absolute atomic E-state index is 0.00981. The zero-order valence-electron chi connectivity index (χ0n) is 38.3. The van der Waals surface area contributed by atoms with Crippen LogP contribution in [0.2, 0.25) is 0 Å². The summed E-state index contributed by atoms with van der Waals surface area (Å²) in [5, 5.41) is 1.34. The number of para-hydroxylation sites is 1. The van der Waals surface area contributed by atoms with E-state index in [1.807, 2.05) is 17.9 Å². The van der Waals surface area contributed by atoms with Gasteiger partial charge in [-0.25, -0.2) is 4.79 Å². The second-order valence-electron chi connectivity index (χ2n) is 17.6. The predicted molar refractivity (Wildman–Crippen MR) is 247 cm³/mol. The molecule has 0 radical (unpaired) electrons. The molecule has 0 spiro atoms. The van der Waals surface area contributed by atoms with Crippen LogP contribution in [0.25, 0.3) is 16.5 Å². The number of hydrogen-bond acceptors (Lipinski definition) is 9. The molecule has 3 N–H and O–H groups in total. The van der Waals surface area contributed by atoms with Crippen LogP contribution in [0, 0.1) is 11.8 Å². The second kappa shape index (κ2) is 24.9. The molecule has 1 amide bonds. The van der Waals surface area contributed by atoms with E-state index in [0.29, 0.717) is 36.2 Å². The number of nitrogen functional groups attached to an aromatic ring is 1. The van der Waals surface area contributed by atoms with E-state index in [2.05, 4.69) is 61.3 Å². The van der Waals surface area contributed by atoms with Gasteiger partial charge in [0.05, 0.1) is 18.1 Å². The Hall–Kier alpha value is -4.64. The van der Waals surface area contributed by atoms with Crippen LogP contribution in [0.4, 0.5) is 5.69 Å². The Kier molecular flexibility index (Phi) is 19.4. The fourth-order valence-corrected chi connectivity index (χ4v) is 9.72. The van der Waals surface area contributed by atoms with Gasteiger partial charge in [-0.05, 0) is 139 Å². The maximum atomic E-state index is 12.9.